The summed E-state index contributed by atoms with van der Waals surface area (Å²) in [6, 6.07) is 5.60. The van der Waals surface area contributed by atoms with Gasteiger partial charge in [0.25, 0.3) is 5.91 Å². The maximum Gasteiger partial charge on any atom is 0.281 e. The van der Waals surface area contributed by atoms with Gasteiger partial charge in [0.1, 0.15) is 17.5 Å². The molecule has 27 heavy (non-hydrogen) atoms. The Bertz CT molecular complexity index is 971. The van der Waals surface area contributed by atoms with Gasteiger partial charge >= 0.3 is 0 Å². The van der Waals surface area contributed by atoms with Crippen molar-refractivity contribution in [1.82, 2.24) is 23.9 Å². The molecule has 1 unspecified atom stereocenters. The summed E-state index contributed by atoms with van der Waals surface area (Å²) in [5.41, 5.74) is 1.97. The summed E-state index contributed by atoms with van der Waals surface area (Å²) in [4.78, 5) is 18.9. The largest absolute Gasteiger partial charge is 0.367 e. The average Bonchev–Trinajstić information content (AvgIpc) is 3.38. The van der Waals surface area contributed by atoms with Gasteiger partial charge in [-0.25, -0.2) is 9.37 Å². The van der Waals surface area contributed by atoms with E-state index in [1.54, 1.807) is 13.4 Å². The molecule has 0 aromatic carbocycles. The first-order valence-electron chi connectivity index (χ1n) is 8.58. The standard InChI is InChI=1S/C17H20FN7OS/c1-22-7-6-16(20-22)23(2)27-21-17(26)14-9-19-15-4-3-13(11-25(14)15)24-8-5-12(18)10-24/h3-4,6-7,9,11-12H,5,8,10H2,1-2H3,(H,21,26). The average molecular weight is 389 g/mol. The van der Waals surface area contributed by atoms with Crippen molar-refractivity contribution in [2.75, 3.05) is 29.3 Å². The van der Waals surface area contributed by atoms with Crippen LogP contribution < -0.4 is 13.9 Å². The second kappa shape index (κ2) is 7.10. The van der Waals surface area contributed by atoms with E-state index in [2.05, 4.69) is 14.8 Å². The third kappa shape index (κ3) is 3.57. The van der Waals surface area contributed by atoms with Crippen LogP contribution in [0.2, 0.25) is 0 Å². The first-order chi connectivity index (χ1) is 13.0. The first kappa shape index (κ1) is 17.7. The summed E-state index contributed by atoms with van der Waals surface area (Å²) in [6.45, 7) is 1.06. The molecule has 0 aliphatic carbocycles. The SMILES string of the molecule is CN(SNC(=O)c1cnc2ccc(N3CCC(F)C3)cn12)c1ccn(C)n1. The Labute approximate surface area is 160 Å². The van der Waals surface area contributed by atoms with E-state index in [1.165, 1.54) is 6.20 Å². The van der Waals surface area contributed by atoms with Gasteiger partial charge in [-0.05, 0) is 18.6 Å². The molecule has 0 spiro atoms. The molecule has 1 aliphatic heterocycles. The number of hydrogen-bond acceptors (Lipinski definition) is 6. The van der Waals surface area contributed by atoms with Crippen LogP contribution in [0.1, 0.15) is 16.9 Å². The summed E-state index contributed by atoms with van der Waals surface area (Å²) < 4.78 is 21.5. The number of carbonyl (C=O) groups excluding carboxylic acids is 1. The summed E-state index contributed by atoms with van der Waals surface area (Å²) in [7, 11) is 3.66. The quantitative estimate of drug-likeness (QED) is 0.674. The minimum absolute atomic E-state index is 0.266. The normalized spacial score (nSPS) is 16.9. The van der Waals surface area contributed by atoms with Gasteiger partial charge in [-0.2, -0.15) is 5.10 Å². The predicted octanol–water partition coefficient (Wildman–Crippen LogP) is 2.05. The number of amides is 1. The van der Waals surface area contributed by atoms with Crippen LogP contribution in [0.3, 0.4) is 0 Å². The Morgan fingerprint density at radius 3 is 2.96 bits per heavy atom. The Morgan fingerprint density at radius 2 is 2.26 bits per heavy atom. The molecule has 1 atom stereocenters. The van der Waals surface area contributed by atoms with E-state index in [9.17, 15) is 9.18 Å². The van der Waals surface area contributed by atoms with Gasteiger partial charge in [0.05, 0.1) is 24.0 Å². The van der Waals surface area contributed by atoms with Gasteiger partial charge in [0, 0.05) is 45.6 Å². The lowest BCUT2D eigenvalue weighted by Crippen LogP contribution is -2.24. The number of anilines is 2. The van der Waals surface area contributed by atoms with Crippen LogP contribution in [0.25, 0.3) is 5.65 Å². The number of alkyl halides is 1. The second-order valence-corrected chi connectivity index (χ2v) is 7.39. The molecule has 3 aromatic heterocycles. The zero-order valence-corrected chi connectivity index (χ0v) is 15.9. The van der Waals surface area contributed by atoms with Gasteiger partial charge in [0.2, 0.25) is 0 Å². The number of halogens is 1. The molecule has 0 saturated carbocycles. The molecule has 8 nitrogen and oxygen atoms in total. The van der Waals surface area contributed by atoms with Crippen molar-refractivity contribution >= 4 is 35.2 Å². The number of hydrogen-bond donors (Lipinski definition) is 1. The highest BCUT2D eigenvalue weighted by molar-refractivity contribution is 7.99. The van der Waals surface area contributed by atoms with Crippen molar-refractivity contribution in [2.45, 2.75) is 12.6 Å². The number of pyridine rings is 1. The first-order valence-corrected chi connectivity index (χ1v) is 9.35. The Hall–Kier alpha value is -2.75. The summed E-state index contributed by atoms with van der Waals surface area (Å²) in [5.74, 6) is 0.468. The number of aromatic nitrogens is 4. The highest BCUT2D eigenvalue weighted by atomic mass is 32.2. The number of rotatable bonds is 5. The lowest BCUT2D eigenvalue weighted by atomic mass is 10.3. The molecular weight excluding hydrogens is 369 g/mol. The van der Waals surface area contributed by atoms with E-state index in [-0.39, 0.29) is 5.91 Å². The van der Waals surface area contributed by atoms with Gasteiger partial charge in [-0.15, -0.1) is 0 Å². The lowest BCUT2D eigenvalue weighted by molar-refractivity contribution is 0.0978. The molecule has 1 aliphatic rings. The molecule has 1 fully saturated rings. The molecule has 0 radical (unpaired) electrons. The number of imidazole rings is 1. The van der Waals surface area contributed by atoms with E-state index < -0.39 is 6.17 Å². The molecule has 4 heterocycles. The zero-order valence-electron chi connectivity index (χ0n) is 15.0. The smallest absolute Gasteiger partial charge is 0.281 e. The Kier molecular flexibility index (Phi) is 4.65. The van der Waals surface area contributed by atoms with Crippen molar-refractivity contribution in [3.05, 3.63) is 42.5 Å². The number of nitrogens with zero attached hydrogens (tertiary/aromatic N) is 6. The minimum Gasteiger partial charge on any atom is -0.367 e. The Balaban J connectivity index is 1.49. The van der Waals surface area contributed by atoms with Crippen LogP contribution >= 0.6 is 12.1 Å². The van der Waals surface area contributed by atoms with Gasteiger partial charge in [-0.1, -0.05) is 0 Å². The summed E-state index contributed by atoms with van der Waals surface area (Å²) in [5, 5.41) is 4.28. The number of carbonyl (C=O) groups is 1. The number of nitrogens with one attached hydrogen (secondary N) is 1. The highest BCUT2D eigenvalue weighted by Gasteiger charge is 2.23. The molecule has 1 saturated heterocycles. The van der Waals surface area contributed by atoms with Gasteiger partial charge in [0.15, 0.2) is 5.82 Å². The topological polar surface area (TPSA) is 70.7 Å². The van der Waals surface area contributed by atoms with Gasteiger partial charge < -0.3 is 4.90 Å². The number of fused-ring (bicyclic) bond motifs is 1. The minimum atomic E-state index is -0.801. The number of aryl methyl sites for hydroxylation is 1. The van der Waals surface area contributed by atoms with Crippen molar-refractivity contribution in [3.63, 3.8) is 0 Å². The van der Waals surface area contributed by atoms with Crippen molar-refractivity contribution in [3.8, 4) is 0 Å². The summed E-state index contributed by atoms with van der Waals surface area (Å²) in [6.07, 6.45) is 4.94. The second-order valence-electron chi connectivity index (χ2n) is 6.46. The lowest BCUT2D eigenvalue weighted by Gasteiger charge is -2.18. The summed E-state index contributed by atoms with van der Waals surface area (Å²) >= 11 is 1.14. The maximum absolute atomic E-state index is 13.5. The van der Waals surface area contributed by atoms with Crippen LogP contribution in [0, 0.1) is 0 Å². The van der Waals surface area contributed by atoms with E-state index in [0.29, 0.717) is 30.9 Å². The highest BCUT2D eigenvalue weighted by Crippen LogP contribution is 2.23. The van der Waals surface area contributed by atoms with E-state index in [1.807, 2.05) is 49.6 Å². The molecule has 142 valence electrons. The molecule has 0 bridgehead atoms. The monoisotopic (exact) mass is 389 g/mol. The molecule has 1 N–H and O–H groups in total. The van der Waals surface area contributed by atoms with Gasteiger partial charge in [-0.3, -0.25) is 22.9 Å². The van der Waals surface area contributed by atoms with Crippen LogP contribution in [0.15, 0.2) is 36.8 Å². The molecule has 3 aromatic rings. The fraction of sp³-hybridized carbons (Fsp3) is 0.353. The zero-order chi connectivity index (χ0) is 19.0. The predicted molar refractivity (Wildman–Crippen MR) is 104 cm³/mol. The maximum atomic E-state index is 13.5. The van der Waals surface area contributed by atoms with Crippen LogP contribution in [0.5, 0.6) is 0 Å². The van der Waals surface area contributed by atoms with Crippen molar-refractivity contribution in [1.29, 1.82) is 0 Å². The molecule has 1 amide bonds. The van der Waals surface area contributed by atoms with E-state index in [4.69, 9.17) is 0 Å². The third-order valence-corrected chi connectivity index (χ3v) is 5.25. The van der Waals surface area contributed by atoms with Crippen molar-refractivity contribution in [2.24, 2.45) is 7.05 Å². The molecular formula is C17H20FN7OS. The molecule has 4 rings (SSSR count). The van der Waals surface area contributed by atoms with Crippen LogP contribution in [-0.2, 0) is 7.05 Å². The fourth-order valence-electron chi connectivity index (χ4n) is 3.06. The van der Waals surface area contributed by atoms with Crippen LogP contribution in [-0.4, -0.2) is 51.4 Å². The van der Waals surface area contributed by atoms with E-state index in [0.717, 1.165) is 23.6 Å². The van der Waals surface area contributed by atoms with E-state index >= 15 is 0 Å². The molecule has 10 heteroatoms. The fourth-order valence-corrected chi connectivity index (χ4v) is 3.57. The third-order valence-electron chi connectivity index (χ3n) is 4.52. The Morgan fingerprint density at radius 1 is 1.41 bits per heavy atom. The van der Waals surface area contributed by atoms with Crippen molar-refractivity contribution < 1.29 is 9.18 Å². The van der Waals surface area contributed by atoms with Crippen LogP contribution in [0.4, 0.5) is 15.9 Å².